The van der Waals surface area contributed by atoms with Crippen LogP contribution in [-0.4, -0.2) is 16.6 Å². The Morgan fingerprint density at radius 1 is 1.12 bits per heavy atom. The van der Waals surface area contributed by atoms with Crippen LogP contribution in [0.5, 0.6) is 0 Å². The van der Waals surface area contributed by atoms with Crippen molar-refractivity contribution in [2.75, 3.05) is 0 Å². The van der Waals surface area contributed by atoms with Gasteiger partial charge in [-0.3, -0.25) is 4.98 Å². The van der Waals surface area contributed by atoms with E-state index in [9.17, 15) is 4.79 Å². The molecular weight excluding hydrogens is 318 g/mol. The molecule has 0 aliphatic carbocycles. The van der Waals surface area contributed by atoms with Crippen LogP contribution in [0, 0.1) is 0 Å². The second kappa shape index (κ2) is 7.06. The van der Waals surface area contributed by atoms with Gasteiger partial charge in [0.2, 0.25) is 0 Å². The van der Waals surface area contributed by atoms with Gasteiger partial charge in [-0.2, -0.15) is 0 Å². The average molecular weight is 346 g/mol. The van der Waals surface area contributed by atoms with Gasteiger partial charge in [0, 0.05) is 22.3 Å². The van der Waals surface area contributed by atoms with E-state index in [-0.39, 0.29) is 5.97 Å². The van der Waals surface area contributed by atoms with E-state index in [1.165, 1.54) is 16.9 Å². The third-order valence-corrected chi connectivity index (χ3v) is 4.72. The molecule has 0 saturated carbocycles. The predicted molar refractivity (Wildman–Crippen MR) is 101 cm³/mol. The molecular formula is C20H27NO2S. The van der Waals surface area contributed by atoms with Crippen LogP contribution < -0.4 is 0 Å². The Labute approximate surface area is 149 Å². The highest BCUT2D eigenvalue weighted by molar-refractivity contribution is 7.17. The van der Waals surface area contributed by atoms with Gasteiger partial charge in [0.05, 0.1) is 0 Å². The number of nitrogens with zero attached hydrogens (tertiary/aromatic N) is 1. The van der Waals surface area contributed by atoms with Gasteiger partial charge in [-0.25, -0.2) is 4.79 Å². The summed E-state index contributed by atoms with van der Waals surface area (Å²) in [6.45, 7) is 14.3. The van der Waals surface area contributed by atoms with Crippen molar-refractivity contribution >= 4 is 17.3 Å². The largest absolute Gasteiger partial charge is 0.456 e. The molecule has 3 nitrogen and oxygen atoms in total. The maximum absolute atomic E-state index is 12.2. The summed E-state index contributed by atoms with van der Waals surface area (Å²) in [6.07, 6.45) is 1.91. The molecule has 0 aliphatic rings. The number of ether oxygens (including phenoxy) is 1. The van der Waals surface area contributed by atoms with Crippen LogP contribution in [-0.2, 0) is 4.74 Å². The van der Waals surface area contributed by atoms with Crippen molar-refractivity contribution in [1.82, 2.24) is 4.98 Å². The van der Waals surface area contributed by atoms with Gasteiger partial charge in [-0.15, -0.1) is 11.3 Å². The smallest absolute Gasteiger partial charge is 0.348 e. The van der Waals surface area contributed by atoms with Gasteiger partial charge in [0.25, 0.3) is 0 Å². The summed E-state index contributed by atoms with van der Waals surface area (Å²) in [5, 5.41) is 0. The Morgan fingerprint density at radius 2 is 1.79 bits per heavy atom. The molecule has 0 radical (unpaired) electrons. The van der Waals surface area contributed by atoms with Gasteiger partial charge in [0.1, 0.15) is 10.5 Å². The van der Waals surface area contributed by atoms with Crippen molar-refractivity contribution in [2.24, 2.45) is 0 Å². The van der Waals surface area contributed by atoms with Gasteiger partial charge in [-0.1, -0.05) is 27.7 Å². The van der Waals surface area contributed by atoms with Crippen molar-refractivity contribution in [3.05, 3.63) is 40.5 Å². The summed E-state index contributed by atoms with van der Waals surface area (Å²) < 4.78 is 5.44. The number of carbonyl (C=O) groups is 1. The minimum absolute atomic E-state index is 0.269. The van der Waals surface area contributed by atoms with E-state index in [4.69, 9.17) is 4.74 Å². The highest BCUT2D eigenvalue weighted by atomic mass is 32.1. The van der Waals surface area contributed by atoms with Crippen LogP contribution in [0.3, 0.4) is 0 Å². The van der Waals surface area contributed by atoms with Crippen molar-refractivity contribution < 1.29 is 9.53 Å². The first-order chi connectivity index (χ1) is 11.1. The fourth-order valence-electron chi connectivity index (χ4n) is 2.50. The van der Waals surface area contributed by atoms with Gasteiger partial charge < -0.3 is 4.74 Å². The van der Waals surface area contributed by atoms with E-state index in [0.29, 0.717) is 16.7 Å². The molecule has 2 aromatic rings. The highest BCUT2D eigenvalue weighted by Gasteiger charge is 2.20. The fourth-order valence-corrected chi connectivity index (χ4v) is 3.37. The third-order valence-electron chi connectivity index (χ3n) is 3.61. The van der Waals surface area contributed by atoms with Crippen molar-refractivity contribution in [3.8, 4) is 10.4 Å². The topological polar surface area (TPSA) is 39.2 Å². The molecule has 0 fully saturated rings. The number of thiophene rings is 1. The molecule has 4 heteroatoms. The van der Waals surface area contributed by atoms with Crippen LogP contribution >= 0.6 is 11.3 Å². The first-order valence-electron chi connectivity index (χ1n) is 8.42. The third kappa shape index (κ3) is 4.44. The molecule has 0 atom stereocenters. The summed E-state index contributed by atoms with van der Waals surface area (Å²) >= 11 is 1.45. The quantitative estimate of drug-likeness (QED) is 0.637. The lowest BCUT2D eigenvalue weighted by Gasteiger charge is -2.18. The second-order valence-corrected chi connectivity index (χ2v) is 8.76. The van der Waals surface area contributed by atoms with E-state index in [2.05, 4.69) is 38.7 Å². The number of hydrogen-bond acceptors (Lipinski definition) is 4. The standard InChI is InChI=1S/C20H27NO2S/c1-12(2)15-10-14(11-21-18(15)13(3)4)16-8-9-17(24-16)19(22)23-20(5,6)7/h8-13H,1-7H3. The Bertz CT molecular complexity index is 723. The average Bonchev–Trinajstić information content (AvgIpc) is 2.94. The number of esters is 1. The molecule has 0 unspecified atom stereocenters. The summed E-state index contributed by atoms with van der Waals surface area (Å²) in [7, 11) is 0. The zero-order chi connectivity index (χ0) is 18.1. The normalized spacial score (nSPS) is 12.0. The van der Waals surface area contributed by atoms with E-state index in [1.807, 2.05) is 39.1 Å². The molecule has 0 spiro atoms. The van der Waals surface area contributed by atoms with Crippen molar-refractivity contribution in [1.29, 1.82) is 0 Å². The van der Waals surface area contributed by atoms with Crippen LogP contribution in [0.2, 0.25) is 0 Å². The number of aromatic nitrogens is 1. The summed E-state index contributed by atoms with van der Waals surface area (Å²) in [6, 6.07) is 6.01. The molecule has 130 valence electrons. The lowest BCUT2D eigenvalue weighted by Crippen LogP contribution is -2.23. The molecule has 0 amide bonds. The maximum Gasteiger partial charge on any atom is 0.348 e. The monoisotopic (exact) mass is 345 g/mol. The van der Waals surface area contributed by atoms with E-state index in [1.54, 1.807) is 0 Å². The molecule has 0 aromatic carbocycles. The maximum atomic E-state index is 12.2. The number of rotatable bonds is 4. The molecule has 0 saturated heterocycles. The zero-order valence-electron chi connectivity index (χ0n) is 15.6. The summed E-state index contributed by atoms with van der Waals surface area (Å²) in [4.78, 5) is 18.5. The lowest BCUT2D eigenvalue weighted by molar-refractivity contribution is 0.00752. The molecule has 2 heterocycles. The summed E-state index contributed by atoms with van der Waals surface area (Å²) in [5.41, 5.74) is 3.00. The minimum atomic E-state index is -0.480. The van der Waals surface area contributed by atoms with Crippen LogP contribution in [0.4, 0.5) is 0 Å². The second-order valence-electron chi connectivity index (χ2n) is 7.67. The minimum Gasteiger partial charge on any atom is -0.456 e. The molecule has 0 aliphatic heterocycles. The molecule has 2 rings (SSSR count). The highest BCUT2D eigenvalue weighted by Crippen LogP contribution is 2.33. The first kappa shape index (κ1) is 18.7. The molecule has 24 heavy (non-hydrogen) atoms. The SMILES string of the molecule is CC(C)c1cc(-c2ccc(C(=O)OC(C)(C)C)s2)cnc1C(C)C. The molecule has 2 aromatic heterocycles. The zero-order valence-corrected chi connectivity index (χ0v) is 16.5. The predicted octanol–water partition coefficient (Wildman–Crippen LogP) is 6.01. The fraction of sp³-hybridized carbons (Fsp3) is 0.500. The number of hydrogen-bond donors (Lipinski definition) is 0. The summed E-state index contributed by atoms with van der Waals surface area (Å²) in [5.74, 6) is 0.548. The van der Waals surface area contributed by atoms with Gasteiger partial charge in [-0.05, 0) is 56.4 Å². The van der Waals surface area contributed by atoms with Crippen LogP contribution in [0.25, 0.3) is 10.4 Å². The van der Waals surface area contributed by atoms with E-state index >= 15 is 0 Å². The Kier molecular flexibility index (Phi) is 5.49. The van der Waals surface area contributed by atoms with E-state index < -0.39 is 5.60 Å². The van der Waals surface area contributed by atoms with Crippen LogP contribution in [0.1, 0.15) is 81.2 Å². The van der Waals surface area contributed by atoms with Crippen molar-refractivity contribution in [3.63, 3.8) is 0 Å². The Balaban J connectivity index is 2.33. The first-order valence-corrected chi connectivity index (χ1v) is 9.23. The lowest BCUT2D eigenvalue weighted by atomic mass is 9.94. The molecule has 0 bridgehead atoms. The van der Waals surface area contributed by atoms with Gasteiger partial charge in [0.15, 0.2) is 0 Å². The Hall–Kier alpha value is -1.68. The Morgan fingerprint density at radius 3 is 2.33 bits per heavy atom. The number of pyridine rings is 1. The van der Waals surface area contributed by atoms with Crippen molar-refractivity contribution in [2.45, 2.75) is 65.9 Å². The van der Waals surface area contributed by atoms with E-state index in [0.717, 1.165) is 16.1 Å². The molecule has 0 N–H and O–H groups in total. The van der Waals surface area contributed by atoms with Crippen LogP contribution in [0.15, 0.2) is 24.4 Å². The number of carbonyl (C=O) groups excluding carboxylic acids is 1. The van der Waals surface area contributed by atoms with Gasteiger partial charge >= 0.3 is 5.97 Å².